The number of hydrogen-bond acceptors (Lipinski definition) is 3. The van der Waals surface area contributed by atoms with Crippen LogP contribution in [0.2, 0.25) is 0 Å². The molecular weight excluding hydrogens is 192 g/mol. The van der Waals surface area contributed by atoms with Gasteiger partial charge in [-0.25, -0.2) is 4.79 Å². The summed E-state index contributed by atoms with van der Waals surface area (Å²) in [7, 11) is 0. The van der Waals surface area contributed by atoms with Crippen molar-refractivity contribution in [1.82, 2.24) is 0 Å². The molecule has 15 heavy (non-hydrogen) atoms. The summed E-state index contributed by atoms with van der Waals surface area (Å²) in [5.41, 5.74) is 0.291. The maximum absolute atomic E-state index is 11.6. The second-order valence-corrected chi connectivity index (χ2v) is 4.56. The van der Waals surface area contributed by atoms with Crippen LogP contribution in [0, 0.1) is 0 Å². The zero-order valence-electron chi connectivity index (χ0n) is 10.6. The first-order chi connectivity index (χ1) is 6.75. The predicted molar refractivity (Wildman–Crippen MR) is 60.7 cm³/mol. The van der Waals surface area contributed by atoms with Crippen LogP contribution in [-0.4, -0.2) is 24.3 Å². The van der Waals surface area contributed by atoms with E-state index in [4.69, 9.17) is 9.47 Å². The fourth-order valence-corrected chi connectivity index (χ4v) is 0.832. The third-order valence-corrected chi connectivity index (χ3v) is 1.77. The third-order valence-electron chi connectivity index (χ3n) is 1.77. The molecule has 0 N–H and O–H groups in total. The van der Waals surface area contributed by atoms with E-state index in [-0.39, 0.29) is 12.1 Å². The molecule has 88 valence electrons. The van der Waals surface area contributed by atoms with Crippen molar-refractivity contribution in [3.63, 3.8) is 0 Å². The highest BCUT2D eigenvalue weighted by Gasteiger charge is 2.30. The molecule has 0 spiro atoms. The summed E-state index contributed by atoms with van der Waals surface area (Å²) in [6.45, 7) is 11.5. The number of allylic oxidation sites excluding steroid dienone is 1. The minimum Gasteiger partial charge on any atom is -0.461 e. The van der Waals surface area contributed by atoms with E-state index in [0.29, 0.717) is 6.61 Å². The average molecular weight is 214 g/mol. The van der Waals surface area contributed by atoms with Crippen LogP contribution in [0.25, 0.3) is 0 Å². The first kappa shape index (κ1) is 14.2. The largest absolute Gasteiger partial charge is 0.461 e. The maximum atomic E-state index is 11.6. The van der Waals surface area contributed by atoms with Crippen LogP contribution in [0.1, 0.15) is 41.5 Å². The lowest BCUT2D eigenvalue weighted by Gasteiger charge is -2.23. The van der Waals surface area contributed by atoms with Gasteiger partial charge in [0.15, 0.2) is 5.60 Å². The fraction of sp³-hybridized carbons (Fsp3) is 0.750. The second kappa shape index (κ2) is 5.91. The van der Waals surface area contributed by atoms with E-state index in [1.165, 1.54) is 5.57 Å². The van der Waals surface area contributed by atoms with Gasteiger partial charge in [-0.05, 0) is 41.5 Å². The Morgan fingerprint density at radius 3 is 2.27 bits per heavy atom. The normalized spacial score (nSPS) is 11.4. The molecule has 3 heteroatoms. The topological polar surface area (TPSA) is 35.5 Å². The molecule has 0 radical (unpaired) electrons. The van der Waals surface area contributed by atoms with E-state index in [0.717, 1.165) is 0 Å². The Hall–Kier alpha value is -0.830. The molecule has 0 saturated carbocycles. The molecule has 0 aliphatic carbocycles. The summed E-state index contributed by atoms with van der Waals surface area (Å²) in [6.07, 6.45) is 1.83. The molecule has 3 nitrogen and oxygen atoms in total. The van der Waals surface area contributed by atoms with Crippen LogP contribution >= 0.6 is 0 Å². The van der Waals surface area contributed by atoms with Gasteiger partial charge in [-0.2, -0.15) is 0 Å². The van der Waals surface area contributed by atoms with Crippen LogP contribution in [0.5, 0.6) is 0 Å². The summed E-state index contributed by atoms with van der Waals surface area (Å²) in [6, 6.07) is 0. The van der Waals surface area contributed by atoms with E-state index in [2.05, 4.69) is 0 Å². The Bertz CT molecular complexity index is 235. The van der Waals surface area contributed by atoms with Crippen molar-refractivity contribution in [2.75, 3.05) is 6.61 Å². The molecule has 0 aliphatic heterocycles. The van der Waals surface area contributed by atoms with Crippen molar-refractivity contribution in [3.05, 3.63) is 11.6 Å². The standard InChI is InChI=1S/C12H22O3/c1-9(2)7-8-14-12(5,6)11(13)15-10(3)4/h7,10H,8H2,1-6H3. The quantitative estimate of drug-likeness (QED) is 0.521. The number of hydrogen-bond donors (Lipinski definition) is 0. The summed E-state index contributed by atoms with van der Waals surface area (Å²) < 4.78 is 10.5. The smallest absolute Gasteiger partial charge is 0.338 e. The Morgan fingerprint density at radius 1 is 1.33 bits per heavy atom. The molecule has 0 unspecified atom stereocenters. The zero-order valence-corrected chi connectivity index (χ0v) is 10.6. The number of ether oxygens (including phenoxy) is 2. The highest BCUT2D eigenvalue weighted by Crippen LogP contribution is 2.13. The minimum absolute atomic E-state index is 0.108. The van der Waals surface area contributed by atoms with Crippen molar-refractivity contribution < 1.29 is 14.3 Å². The first-order valence-corrected chi connectivity index (χ1v) is 5.24. The monoisotopic (exact) mass is 214 g/mol. The van der Waals surface area contributed by atoms with E-state index in [9.17, 15) is 4.79 Å². The number of carbonyl (C=O) groups is 1. The number of esters is 1. The summed E-state index contributed by atoms with van der Waals surface area (Å²) >= 11 is 0. The van der Waals surface area contributed by atoms with Crippen molar-refractivity contribution in [3.8, 4) is 0 Å². The zero-order chi connectivity index (χ0) is 12.1. The number of carbonyl (C=O) groups excluding carboxylic acids is 1. The fourth-order valence-electron chi connectivity index (χ4n) is 0.832. The van der Waals surface area contributed by atoms with E-state index < -0.39 is 5.60 Å². The molecule has 0 fully saturated rings. The lowest BCUT2D eigenvalue weighted by molar-refractivity contribution is -0.170. The van der Waals surface area contributed by atoms with E-state index in [1.807, 2.05) is 33.8 Å². The SMILES string of the molecule is CC(C)=CCOC(C)(C)C(=O)OC(C)C. The summed E-state index contributed by atoms with van der Waals surface area (Å²) in [5.74, 6) is -0.320. The van der Waals surface area contributed by atoms with Gasteiger partial charge in [0.2, 0.25) is 0 Å². The van der Waals surface area contributed by atoms with Crippen LogP contribution in [-0.2, 0) is 14.3 Å². The summed E-state index contributed by atoms with van der Waals surface area (Å²) in [4.78, 5) is 11.6. The Morgan fingerprint density at radius 2 is 1.87 bits per heavy atom. The van der Waals surface area contributed by atoms with Gasteiger partial charge < -0.3 is 9.47 Å². The minimum atomic E-state index is -0.879. The Kier molecular flexibility index (Phi) is 5.58. The van der Waals surface area contributed by atoms with Crippen molar-refractivity contribution in [2.45, 2.75) is 53.2 Å². The van der Waals surface area contributed by atoms with Gasteiger partial charge in [-0.1, -0.05) is 11.6 Å². The molecule has 0 aliphatic rings. The van der Waals surface area contributed by atoms with E-state index in [1.54, 1.807) is 13.8 Å². The molecule has 0 amide bonds. The van der Waals surface area contributed by atoms with Gasteiger partial charge in [0.25, 0.3) is 0 Å². The molecule has 0 aromatic heterocycles. The van der Waals surface area contributed by atoms with Crippen molar-refractivity contribution >= 4 is 5.97 Å². The van der Waals surface area contributed by atoms with Crippen molar-refractivity contribution in [2.24, 2.45) is 0 Å². The van der Waals surface area contributed by atoms with Gasteiger partial charge >= 0.3 is 5.97 Å². The molecule has 0 aromatic carbocycles. The molecule has 0 rings (SSSR count). The molecular formula is C12H22O3. The Labute approximate surface area is 92.5 Å². The third kappa shape index (κ3) is 6.28. The highest BCUT2D eigenvalue weighted by molar-refractivity contribution is 5.78. The van der Waals surface area contributed by atoms with Crippen LogP contribution in [0.3, 0.4) is 0 Å². The highest BCUT2D eigenvalue weighted by atomic mass is 16.6. The average Bonchev–Trinajstić information content (AvgIpc) is 2.01. The van der Waals surface area contributed by atoms with E-state index >= 15 is 0 Å². The molecule has 0 aromatic rings. The van der Waals surface area contributed by atoms with Gasteiger partial charge in [-0.15, -0.1) is 0 Å². The maximum Gasteiger partial charge on any atom is 0.338 e. The Balaban J connectivity index is 4.16. The van der Waals surface area contributed by atoms with Crippen LogP contribution < -0.4 is 0 Å². The first-order valence-electron chi connectivity index (χ1n) is 5.24. The summed E-state index contributed by atoms with van der Waals surface area (Å²) in [5, 5.41) is 0. The second-order valence-electron chi connectivity index (χ2n) is 4.56. The van der Waals surface area contributed by atoms with Gasteiger partial charge in [0.1, 0.15) is 0 Å². The number of rotatable bonds is 5. The molecule has 0 heterocycles. The molecule has 0 bridgehead atoms. The van der Waals surface area contributed by atoms with Crippen molar-refractivity contribution in [1.29, 1.82) is 0 Å². The van der Waals surface area contributed by atoms with Crippen LogP contribution in [0.15, 0.2) is 11.6 Å². The lowest BCUT2D eigenvalue weighted by atomic mass is 10.1. The van der Waals surface area contributed by atoms with Gasteiger partial charge in [-0.3, -0.25) is 0 Å². The predicted octanol–water partition coefficient (Wildman–Crippen LogP) is 2.70. The van der Waals surface area contributed by atoms with Gasteiger partial charge in [0.05, 0.1) is 12.7 Å². The van der Waals surface area contributed by atoms with Crippen LogP contribution in [0.4, 0.5) is 0 Å². The molecule has 0 saturated heterocycles. The van der Waals surface area contributed by atoms with Gasteiger partial charge in [0, 0.05) is 0 Å². The molecule has 0 atom stereocenters. The lowest BCUT2D eigenvalue weighted by Crippen LogP contribution is -2.38.